The summed E-state index contributed by atoms with van der Waals surface area (Å²) in [5.74, 6) is -7.25. The number of rotatable bonds is 8. The van der Waals surface area contributed by atoms with Crippen LogP contribution in [-0.4, -0.2) is 135 Å². The minimum Gasteiger partial charge on any atom is -0.460 e. The fourth-order valence-electron chi connectivity index (χ4n) is 10.5. The van der Waals surface area contributed by atoms with Gasteiger partial charge in [-0.05, 0) is 120 Å². The third kappa shape index (κ3) is 15.4. The zero-order valence-electron chi connectivity index (χ0n) is 43.4. The van der Waals surface area contributed by atoms with Crippen LogP contribution >= 0.6 is 0 Å². The van der Waals surface area contributed by atoms with Crippen LogP contribution in [0.25, 0.3) is 0 Å². The Morgan fingerprint density at radius 2 is 1.59 bits per heavy atom. The standard InChI is InChI=1S/C53H85NO13Si/c1-32-18-15-14-16-19-33(2)44(62-8)30-40-23-21-38(7)53(61,66-40)50(58)51(59)54-25-17-20-41(54)52(60)65-45(35(4)28-39-22-24-42(55)46(29-39)63-9)31-43(56)34(3)27-37(6)48(67-68(11,12)13)49(64-10)47(57)36(5)26-32/h14-16,18-19,27,32,35-42,44-46,48-49,55,61H,17,20-26,28-31H2,1-13H3/t32-,35-,36-,37?,38-,39+,40+,41+,42-,44+,45+,46-,48-,49+,53-/m1/s1. The SMILES string of the molecule is CO[C@H]1C[C@@H]2CC[C@@H](C)[C@@](O)(O2)C(=O)C(=O)N2CCC[C@H]2C(=O)O[C@H]([C@H](C)C[C@@H]2CC[C@@H](O)[C@H](OC)C2)CC(=O)C(C)=CC(C)[C@@H](O[Si](C)(C)C)[C@@H](OC)C(=O)[C@H](C)C[C@H](C)C=CC=CC=C1C. The Kier molecular flexibility index (Phi) is 21.8. The predicted octanol–water partition coefficient (Wildman–Crippen LogP) is 7.65. The summed E-state index contributed by atoms with van der Waals surface area (Å²) in [7, 11) is 2.42. The number of aliphatic hydroxyl groups excluding tert-OH is 1. The van der Waals surface area contributed by atoms with Crippen molar-refractivity contribution in [1.82, 2.24) is 4.90 Å². The van der Waals surface area contributed by atoms with Gasteiger partial charge < -0.3 is 43.2 Å². The summed E-state index contributed by atoms with van der Waals surface area (Å²) in [6.45, 7) is 19.4. The number of ketones is 3. The molecule has 3 aliphatic heterocycles. The van der Waals surface area contributed by atoms with Crippen molar-refractivity contribution < 1.29 is 62.3 Å². The fraction of sp³-hybridized carbons (Fsp3) is 0.755. The number of methoxy groups -OCH3 is 3. The van der Waals surface area contributed by atoms with E-state index in [0.29, 0.717) is 56.9 Å². The Labute approximate surface area is 407 Å². The number of hydrogen-bond acceptors (Lipinski definition) is 13. The first kappa shape index (κ1) is 57.4. The molecular weight excluding hydrogens is 887 g/mol. The Balaban J connectivity index is 1.74. The molecule has 2 saturated heterocycles. The topological polar surface area (TPSA) is 184 Å². The summed E-state index contributed by atoms with van der Waals surface area (Å²) >= 11 is 0. The van der Waals surface area contributed by atoms with E-state index in [1.165, 1.54) is 12.0 Å². The number of esters is 1. The Bertz CT molecular complexity index is 1860. The molecule has 68 heavy (non-hydrogen) atoms. The molecule has 0 aromatic heterocycles. The molecule has 3 fully saturated rings. The Morgan fingerprint density at radius 1 is 0.882 bits per heavy atom. The minimum atomic E-state index is -2.42. The Morgan fingerprint density at radius 3 is 2.24 bits per heavy atom. The average molecular weight is 972 g/mol. The monoisotopic (exact) mass is 972 g/mol. The average Bonchev–Trinajstić information content (AvgIpc) is 3.78. The first-order valence-corrected chi connectivity index (χ1v) is 28.5. The van der Waals surface area contributed by atoms with E-state index in [4.69, 9.17) is 28.1 Å². The predicted molar refractivity (Wildman–Crippen MR) is 263 cm³/mol. The maximum Gasteiger partial charge on any atom is 0.329 e. The van der Waals surface area contributed by atoms with Gasteiger partial charge in [-0.25, -0.2) is 4.79 Å². The van der Waals surface area contributed by atoms with Crippen LogP contribution in [0.3, 0.4) is 0 Å². The summed E-state index contributed by atoms with van der Waals surface area (Å²) in [4.78, 5) is 72.5. The molecule has 4 rings (SSSR count). The first-order valence-electron chi connectivity index (χ1n) is 25.1. The van der Waals surface area contributed by atoms with Gasteiger partial charge in [-0.3, -0.25) is 19.2 Å². The van der Waals surface area contributed by atoms with Gasteiger partial charge >= 0.3 is 5.97 Å². The second-order valence-electron chi connectivity index (χ2n) is 21.5. The first-order chi connectivity index (χ1) is 31.9. The zero-order valence-corrected chi connectivity index (χ0v) is 44.4. The lowest BCUT2D eigenvalue weighted by molar-refractivity contribution is -0.265. The van der Waals surface area contributed by atoms with E-state index in [2.05, 4.69) is 6.92 Å². The second-order valence-corrected chi connectivity index (χ2v) is 25.9. The molecule has 15 atom stereocenters. The van der Waals surface area contributed by atoms with Crippen LogP contribution in [0.4, 0.5) is 0 Å². The number of hydrogen-bond donors (Lipinski definition) is 2. The van der Waals surface area contributed by atoms with Gasteiger partial charge in [-0.2, -0.15) is 0 Å². The number of aliphatic hydroxyl groups is 2. The van der Waals surface area contributed by atoms with Crippen molar-refractivity contribution in [3.05, 3.63) is 47.6 Å². The van der Waals surface area contributed by atoms with Crippen molar-refractivity contribution in [1.29, 1.82) is 0 Å². The molecule has 1 aliphatic carbocycles. The van der Waals surface area contributed by atoms with E-state index in [9.17, 15) is 34.2 Å². The molecule has 3 heterocycles. The van der Waals surface area contributed by atoms with Crippen LogP contribution in [0.1, 0.15) is 119 Å². The number of allylic oxidation sites excluding steroid dienone is 6. The number of carbonyl (C=O) groups excluding carboxylic acids is 5. The third-order valence-electron chi connectivity index (χ3n) is 14.7. The molecule has 0 radical (unpaired) electrons. The van der Waals surface area contributed by atoms with Gasteiger partial charge in [0.05, 0.1) is 30.5 Å². The van der Waals surface area contributed by atoms with Gasteiger partial charge in [0.25, 0.3) is 11.7 Å². The number of ether oxygens (including phenoxy) is 5. The van der Waals surface area contributed by atoms with E-state index in [1.54, 1.807) is 28.1 Å². The van der Waals surface area contributed by atoms with Crippen LogP contribution in [0.15, 0.2) is 47.6 Å². The normalized spacial score (nSPS) is 36.8. The third-order valence-corrected chi connectivity index (χ3v) is 15.7. The van der Waals surface area contributed by atoms with E-state index in [0.717, 1.165) is 12.0 Å². The molecule has 4 aliphatic rings. The number of amides is 1. The lowest BCUT2D eigenvalue weighted by Crippen LogP contribution is -2.59. The summed E-state index contributed by atoms with van der Waals surface area (Å²) in [5, 5.41) is 22.5. The molecule has 384 valence electrons. The van der Waals surface area contributed by atoms with Crippen molar-refractivity contribution in [3.8, 4) is 0 Å². The smallest absolute Gasteiger partial charge is 0.329 e. The van der Waals surface area contributed by atoms with E-state index < -0.39 is 86.3 Å². The summed E-state index contributed by atoms with van der Waals surface area (Å²) < 4.78 is 36.6. The Hall–Kier alpha value is -3.15. The van der Waals surface area contributed by atoms with Crippen LogP contribution in [0.2, 0.25) is 19.6 Å². The highest BCUT2D eigenvalue weighted by Crippen LogP contribution is 2.38. The molecule has 2 N–H and O–H groups in total. The van der Waals surface area contributed by atoms with Crippen molar-refractivity contribution >= 4 is 37.5 Å². The fourth-order valence-corrected chi connectivity index (χ4v) is 11.7. The molecule has 1 amide bonds. The minimum absolute atomic E-state index is 0.0589. The van der Waals surface area contributed by atoms with Crippen molar-refractivity contribution in [2.45, 2.75) is 193 Å². The molecule has 14 nitrogen and oxygen atoms in total. The highest BCUT2D eigenvalue weighted by molar-refractivity contribution is 6.69. The van der Waals surface area contributed by atoms with E-state index in [-0.39, 0.29) is 60.7 Å². The van der Waals surface area contributed by atoms with Gasteiger partial charge in [0.2, 0.25) is 5.79 Å². The van der Waals surface area contributed by atoms with Gasteiger partial charge in [-0.15, -0.1) is 0 Å². The summed E-state index contributed by atoms with van der Waals surface area (Å²) in [5.41, 5.74) is 1.31. The maximum atomic E-state index is 14.4. The molecule has 0 aromatic rings. The zero-order chi connectivity index (χ0) is 50.7. The largest absolute Gasteiger partial charge is 0.460 e. The van der Waals surface area contributed by atoms with Gasteiger partial charge in [0.1, 0.15) is 18.2 Å². The number of nitrogens with zero attached hydrogens (tertiary/aromatic N) is 1. The lowest BCUT2D eigenvalue weighted by atomic mass is 9.78. The molecule has 15 heteroatoms. The van der Waals surface area contributed by atoms with Crippen LogP contribution in [-0.2, 0) is 52.1 Å². The number of carbonyl (C=O) groups is 5. The number of fused-ring (bicyclic) bond motifs is 3. The van der Waals surface area contributed by atoms with Crippen molar-refractivity contribution in [2.75, 3.05) is 27.9 Å². The van der Waals surface area contributed by atoms with Gasteiger partial charge in [0.15, 0.2) is 19.9 Å². The molecule has 2 bridgehead atoms. The number of Topliss-reactive ketones (excluding diaryl/α,β-unsaturated/α-hetero) is 3. The summed E-state index contributed by atoms with van der Waals surface area (Å²) in [6, 6.07) is -1.12. The van der Waals surface area contributed by atoms with Crippen LogP contribution in [0, 0.1) is 35.5 Å². The molecular formula is C53H85NO13Si. The maximum absolute atomic E-state index is 14.4. The van der Waals surface area contributed by atoms with Crippen molar-refractivity contribution in [3.63, 3.8) is 0 Å². The van der Waals surface area contributed by atoms with Crippen LogP contribution in [0.5, 0.6) is 0 Å². The lowest BCUT2D eigenvalue weighted by Gasteiger charge is -2.41. The molecule has 0 spiro atoms. The molecule has 1 unspecified atom stereocenters. The van der Waals surface area contributed by atoms with Crippen LogP contribution < -0.4 is 0 Å². The highest BCUT2D eigenvalue weighted by Gasteiger charge is 2.53. The van der Waals surface area contributed by atoms with Gasteiger partial charge in [0, 0.05) is 58.5 Å². The molecule has 0 aromatic carbocycles. The van der Waals surface area contributed by atoms with Crippen molar-refractivity contribution in [2.24, 2.45) is 35.5 Å². The van der Waals surface area contributed by atoms with Gasteiger partial charge in [-0.1, -0.05) is 71.1 Å². The van der Waals surface area contributed by atoms with E-state index in [1.807, 2.05) is 83.8 Å². The summed E-state index contributed by atoms with van der Waals surface area (Å²) in [6.07, 6.45) is 12.0. The highest BCUT2D eigenvalue weighted by atomic mass is 28.4. The molecule has 1 saturated carbocycles. The second kappa shape index (κ2) is 25.8. The van der Waals surface area contributed by atoms with E-state index >= 15 is 0 Å². The quantitative estimate of drug-likeness (QED) is 0.138. The number of cyclic esters (lactones) is 1.